The molecule has 6 nitrogen and oxygen atoms in total. The van der Waals surface area contributed by atoms with Gasteiger partial charge in [-0.3, -0.25) is 9.69 Å². The molecule has 2 heterocycles. The van der Waals surface area contributed by atoms with Gasteiger partial charge in [-0.25, -0.2) is 0 Å². The van der Waals surface area contributed by atoms with Crippen molar-refractivity contribution in [1.82, 2.24) is 10.2 Å². The van der Waals surface area contributed by atoms with Gasteiger partial charge < -0.3 is 19.2 Å². The van der Waals surface area contributed by atoms with Gasteiger partial charge in [0.15, 0.2) is 0 Å². The highest BCUT2D eigenvalue weighted by Gasteiger charge is 2.22. The number of ether oxygens (including phenoxy) is 2. The second-order valence-electron chi connectivity index (χ2n) is 7.81. The molecule has 0 bridgehead atoms. The van der Waals surface area contributed by atoms with Crippen LogP contribution in [0.25, 0.3) is 11.0 Å². The SMILES string of the molecule is COc1cc(OC)cc(C(=O)NC[C@@H]2CCCN(Cc3cc4ccccc4o3)C2)c1. The van der Waals surface area contributed by atoms with Crippen molar-refractivity contribution in [3.8, 4) is 11.5 Å². The third-order valence-electron chi connectivity index (χ3n) is 5.62. The molecule has 1 saturated heterocycles. The zero-order valence-electron chi connectivity index (χ0n) is 17.5. The smallest absolute Gasteiger partial charge is 0.251 e. The molecule has 0 radical (unpaired) electrons. The lowest BCUT2D eigenvalue weighted by Crippen LogP contribution is -2.40. The molecule has 1 aliphatic heterocycles. The predicted molar refractivity (Wildman–Crippen MR) is 116 cm³/mol. The maximum absolute atomic E-state index is 12.6. The zero-order chi connectivity index (χ0) is 20.9. The Labute approximate surface area is 176 Å². The molecule has 4 rings (SSSR count). The summed E-state index contributed by atoms with van der Waals surface area (Å²) in [6.45, 7) is 3.44. The number of amides is 1. The maximum atomic E-state index is 12.6. The van der Waals surface area contributed by atoms with Gasteiger partial charge in [-0.1, -0.05) is 18.2 Å². The fourth-order valence-electron chi connectivity index (χ4n) is 4.07. The molecule has 1 amide bonds. The van der Waals surface area contributed by atoms with Crippen molar-refractivity contribution in [1.29, 1.82) is 0 Å². The number of para-hydroxylation sites is 1. The molecule has 1 N–H and O–H groups in total. The largest absolute Gasteiger partial charge is 0.497 e. The summed E-state index contributed by atoms with van der Waals surface area (Å²) in [5, 5.41) is 4.22. The van der Waals surface area contributed by atoms with E-state index in [0.29, 0.717) is 29.5 Å². The number of likely N-dealkylation sites (tertiary alicyclic amines) is 1. The lowest BCUT2D eigenvalue weighted by molar-refractivity contribution is 0.0927. The first-order valence-electron chi connectivity index (χ1n) is 10.4. The van der Waals surface area contributed by atoms with E-state index in [-0.39, 0.29) is 5.91 Å². The number of furan rings is 1. The number of benzene rings is 2. The Morgan fingerprint density at radius 1 is 1.13 bits per heavy atom. The number of carbonyl (C=O) groups is 1. The van der Waals surface area contributed by atoms with Gasteiger partial charge in [0.25, 0.3) is 5.91 Å². The fraction of sp³-hybridized carbons (Fsp3) is 0.375. The van der Waals surface area contributed by atoms with E-state index in [9.17, 15) is 4.79 Å². The molecule has 1 atom stereocenters. The van der Waals surface area contributed by atoms with Crippen LogP contribution in [0.3, 0.4) is 0 Å². The first kappa shape index (κ1) is 20.3. The molecule has 0 spiro atoms. The third kappa shape index (κ3) is 4.76. The van der Waals surface area contributed by atoms with Crippen LogP contribution in [0, 0.1) is 5.92 Å². The number of hydrogen-bond donors (Lipinski definition) is 1. The van der Waals surface area contributed by atoms with Crippen LogP contribution in [0.15, 0.2) is 52.9 Å². The van der Waals surface area contributed by atoms with Crippen molar-refractivity contribution in [3.05, 3.63) is 59.9 Å². The number of nitrogens with one attached hydrogen (secondary N) is 1. The van der Waals surface area contributed by atoms with Crippen LogP contribution in [0.4, 0.5) is 0 Å². The summed E-state index contributed by atoms with van der Waals surface area (Å²) in [6.07, 6.45) is 2.23. The van der Waals surface area contributed by atoms with Crippen LogP contribution in [0.2, 0.25) is 0 Å². The van der Waals surface area contributed by atoms with Gasteiger partial charge in [-0.05, 0) is 49.6 Å². The van der Waals surface area contributed by atoms with Crippen molar-refractivity contribution < 1.29 is 18.7 Å². The number of fused-ring (bicyclic) bond motifs is 1. The zero-order valence-corrected chi connectivity index (χ0v) is 17.5. The Bertz CT molecular complexity index is 958. The van der Waals surface area contributed by atoms with Gasteiger partial charge in [0.2, 0.25) is 0 Å². The van der Waals surface area contributed by atoms with Crippen molar-refractivity contribution in [3.63, 3.8) is 0 Å². The molecule has 0 saturated carbocycles. The van der Waals surface area contributed by atoms with E-state index in [2.05, 4.69) is 22.3 Å². The Morgan fingerprint density at radius 3 is 2.63 bits per heavy atom. The van der Waals surface area contributed by atoms with Gasteiger partial charge in [-0.2, -0.15) is 0 Å². The van der Waals surface area contributed by atoms with E-state index < -0.39 is 0 Å². The summed E-state index contributed by atoms with van der Waals surface area (Å²) < 4.78 is 16.5. The van der Waals surface area contributed by atoms with Crippen molar-refractivity contribution in [2.45, 2.75) is 19.4 Å². The van der Waals surface area contributed by atoms with Crippen molar-refractivity contribution >= 4 is 16.9 Å². The van der Waals surface area contributed by atoms with Gasteiger partial charge in [-0.15, -0.1) is 0 Å². The van der Waals surface area contributed by atoms with Gasteiger partial charge in [0.05, 0.1) is 20.8 Å². The van der Waals surface area contributed by atoms with E-state index in [4.69, 9.17) is 13.9 Å². The number of piperidine rings is 1. The highest BCUT2D eigenvalue weighted by molar-refractivity contribution is 5.95. The Balaban J connectivity index is 1.33. The molecule has 30 heavy (non-hydrogen) atoms. The fourth-order valence-corrected chi connectivity index (χ4v) is 4.07. The normalized spacial score (nSPS) is 17.1. The van der Waals surface area contributed by atoms with Crippen molar-refractivity contribution in [2.75, 3.05) is 33.9 Å². The number of nitrogens with zero attached hydrogens (tertiary/aromatic N) is 1. The molecular weight excluding hydrogens is 380 g/mol. The average Bonchev–Trinajstić information content (AvgIpc) is 3.19. The Morgan fingerprint density at radius 2 is 1.90 bits per heavy atom. The summed E-state index contributed by atoms with van der Waals surface area (Å²) in [5.74, 6) is 2.51. The van der Waals surface area contributed by atoms with E-state index >= 15 is 0 Å². The molecule has 1 fully saturated rings. The Kier molecular flexibility index (Phi) is 6.23. The predicted octanol–water partition coefficient (Wildman–Crippen LogP) is 4.09. The van der Waals surface area contributed by atoms with E-state index in [0.717, 1.165) is 49.2 Å². The van der Waals surface area contributed by atoms with Crippen LogP contribution in [-0.2, 0) is 6.54 Å². The summed E-state index contributed by atoms with van der Waals surface area (Å²) >= 11 is 0. The lowest BCUT2D eigenvalue weighted by Gasteiger charge is -2.32. The second-order valence-corrected chi connectivity index (χ2v) is 7.81. The topological polar surface area (TPSA) is 63.9 Å². The molecule has 1 aliphatic rings. The summed E-state index contributed by atoms with van der Waals surface area (Å²) in [4.78, 5) is 15.1. The minimum atomic E-state index is -0.110. The number of rotatable bonds is 7. The molecule has 158 valence electrons. The van der Waals surface area contributed by atoms with Crippen LogP contribution in [-0.4, -0.2) is 44.7 Å². The Hall–Kier alpha value is -2.99. The monoisotopic (exact) mass is 408 g/mol. The third-order valence-corrected chi connectivity index (χ3v) is 5.62. The van der Waals surface area contributed by atoms with E-state index in [1.807, 2.05) is 18.2 Å². The summed E-state index contributed by atoms with van der Waals surface area (Å²) in [7, 11) is 3.16. The highest BCUT2D eigenvalue weighted by atomic mass is 16.5. The lowest BCUT2D eigenvalue weighted by atomic mass is 9.97. The van der Waals surface area contributed by atoms with Gasteiger partial charge in [0.1, 0.15) is 22.8 Å². The van der Waals surface area contributed by atoms with Gasteiger partial charge >= 0.3 is 0 Å². The molecule has 6 heteroatoms. The number of hydrogen-bond acceptors (Lipinski definition) is 5. The second kappa shape index (κ2) is 9.22. The van der Waals surface area contributed by atoms with E-state index in [1.54, 1.807) is 32.4 Å². The minimum absolute atomic E-state index is 0.110. The van der Waals surface area contributed by atoms with Crippen LogP contribution in [0.1, 0.15) is 29.0 Å². The highest BCUT2D eigenvalue weighted by Crippen LogP contribution is 2.24. The minimum Gasteiger partial charge on any atom is -0.497 e. The van der Waals surface area contributed by atoms with Crippen LogP contribution < -0.4 is 14.8 Å². The molecule has 0 aliphatic carbocycles. The van der Waals surface area contributed by atoms with Crippen LogP contribution >= 0.6 is 0 Å². The molecular formula is C24H28N2O4. The number of carbonyl (C=O) groups excluding carboxylic acids is 1. The van der Waals surface area contributed by atoms with Crippen LogP contribution in [0.5, 0.6) is 11.5 Å². The van der Waals surface area contributed by atoms with E-state index in [1.165, 1.54) is 0 Å². The number of methoxy groups -OCH3 is 2. The first-order valence-corrected chi connectivity index (χ1v) is 10.4. The summed E-state index contributed by atoms with van der Waals surface area (Å²) in [6, 6.07) is 15.4. The summed E-state index contributed by atoms with van der Waals surface area (Å²) in [5.41, 5.74) is 1.48. The molecule has 2 aromatic carbocycles. The first-order chi connectivity index (χ1) is 14.6. The molecule has 3 aromatic rings. The molecule has 1 aromatic heterocycles. The average molecular weight is 408 g/mol. The van der Waals surface area contributed by atoms with Crippen molar-refractivity contribution in [2.24, 2.45) is 5.92 Å². The standard InChI is InChI=1S/C24H28N2O4/c1-28-20-11-19(12-21(13-20)29-2)24(27)25-14-17-6-5-9-26(15-17)16-22-10-18-7-3-4-8-23(18)30-22/h3-4,7-8,10-13,17H,5-6,9,14-16H2,1-2H3,(H,25,27)/t17-/m0/s1. The van der Waals surface area contributed by atoms with Gasteiger partial charge in [0, 0.05) is 30.1 Å². The molecule has 0 unspecified atom stereocenters. The maximum Gasteiger partial charge on any atom is 0.251 e. The quantitative estimate of drug-likeness (QED) is 0.638.